The van der Waals surface area contributed by atoms with Gasteiger partial charge in [0.2, 0.25) is 5.91 Å². The molecule has 1 fully saturated rings. The van der Waals surface area contributed by atoms with Crippen LogP contribution in [0.4, 0.5) is 0 Å². The first-order valence-corrected chi connectivity index (χ1v) is 8.21. The second kappa shape index (κ2) is 7.43. The van der Waals surface area contributed by atoms with Crippen molar-refractivity contribution in [3.63, 3.8) is 0 Å². The fraction of sp³-hybridized carbons (Fsp3) is 0.533. The summed E-state index contributed by atoms with van der Waals surface area (Å²) in [6, 6.07) is 5.52. The summed E-state index contributed by atoms with van der Waals surface area (Å²) in [7, 11) is 0. The van der Waals surface area contributed by atoms with E-state index in [1.807, 2.05) is 30.0 Å². The Morgan fingerprint density at radius 3 is 2.80 bits per heavy atom. The van der Waals surface area contributed by atoms with Crippen LogP contribution in [0.1, 0.15) is 31.7 Å². The molecule has 0 spiro atoms. The minimum absolute atomic E-state index is 0.168. The lowest BCUT2D eigenvalue weighted by Gasteiger charge is -2.29. The van der Waals surface area contributed by atoms with Crippen LogP contribution in [-0.2, 0) is 11.3 Å². The molecule has 110 valence electrons. The summed E-state index contributed by atoms with van der Waals surface area (Å²) in [5.41, 5.74) is 1.07. The van der Waals surface area contributed by atoms with Crippen LogP contribution in [0, 0.1) is 0 Å². The summed E-state index contributed by atoms with van der Waals surface area (Å²) in [5, 5.41) is 3.99. The number of carbonyl (C=O) groups is 1. The van der Waals surface area contributed by atoms with E-state index in [0.717, 1.165) is 36.0 Å². The van der Waals surface area contributed by atoms with Crippen molar-refractivity contribution in [2.45, 2.75) is 38.8 Å². The number of nitrogens with one attached hydrogen (secondary N) is 1. The monoisotopic (exact) mass is 358 g/mol. The zero-order valence-corrected chi connectivity index (χ0v) is 14.0. The molecule has 1 aromatic rings. The number of benzene rings is 1. The second-order valence-electron chi connectivity index (χ2n) is 5.22. The highest BCUT2D eigenvalue weighted by Crippen LogP contribution is 2.21. The van der Waals surface area contributed by atoms with E-state index in [2.05, 4.69) is 21.2 Å². The number of hydrogen-bond donors (Lipinski definition) is 1. The topological polar surface area (TPSA) is 32.3 Å². The first kappa shape index (κ1) is 15.8. The largest absolute Gasteiger partial charge is 0.341 e. The van der Waals surface area contributed by atoms with E-state index in [9.17, 15) is 4.79 Å². The van der Waals surface area contributed by atoms with Crippen molar-refractivity contribution < 1.29 is 4.79 Å². The molecule has 2 rings (SSSR count). The lowest BCUT2D eigenvalue weighted by Crippen LogP contribution is -2.46. The second-order valence-corrected chi connectivity index (χ2v) is 6.52. The van der Waals surface area contributed by atoms with E-state index in [4.69, 9.17) is 11.6 Å². The van der Waals surface area contributed by atoms with E-state index in [-0.39, 0.29) is 11.9 Å². The maximum Gasteiger partial charge on any atom is 0.239 e. The first-order valence-electron chi connectivity index (χ1n) is 7.04. The third-order valence-electron chi connectivity index (χ3n) is 3.64. The Balaban J connectivity index is 1.89. The summed E-state index contributed by atoms with van der Waals surface area (Å²) in [4.78, 5) is 14.3. The van der Waals surface area contributed by atoms with Crippen molar-refractivity contribution in [2.24, 2.45) is 0 Å². The Kier molecular flexibility index (Phi) is 5.87. The molecule has 1 atom stereocenters. The molecule has 20 heavy (non-hydrogen) atoms. The van der Waals surface area contributed by atoms with Gasteiger partial charge in [-0.1, -0.05) is 27.5 Å². The van der Waals surface area contributed by atoms with Crippen LogP contribution in [-0.4, -0.2) is 29.9 Å². The van der Waals surface area contributed by atoms with Crippen molar-refractivity contribution >= 4 is 33.4 Å². The third kappa shape index (κ3) is 4.21. The number of piperidine rings is 1. The molecule has 1 unspecified atom stereocenters. The number of nitrogens with zero attached hydrogens (tertiary/aromatic N) is 1. The number of amides is 1. The Morgan fingerprint density at radius 1 is 1.40 bits per heavy atom. The summed E-state index contributed by atoms with van der Waals surface area (Å²) in [5.74, 6) is 0.197. The van der Waals surface area contributed by atoms with Gasteiger partial charge in [-0.05, 0) is 49.9 Å². The lowest BCUT2D eigenvalue weighted by molar-refractivity contribution is -0.133. The fourth-order valence-electron chi connectivity index (χ4n) is 2.42. The van der Waals surface area contributed by atoms with Gasteiger partial charge in [0, 0.05) is 29.1 Å². The smallest absolute Gasteiger partial charge is 0.239 e. The van der Waals surface area contributed by atoms with Gasteiger partial charge in [0.1, 0.15) is 0 Å². The van der Waals surface area contributed by atoms with Crippen molar-refractivity contribution in [3.8, 4) is 0 Å². The van der Waals surface area contributed by atoms with Crippen LogP contribution in [0.15, 0.2) is 22.7 Å². The number of halogens is 2. The highest BCUT2D eigenvalue weighted by Gasteiger charge is 2.21. The van der Waals surface area contributed by atoms with Crippen LogP contribution in [0.2, 0.25) is 5.02 Å². The molecule has 1 aliphatic heterocycles. The van der Waals surface area contributed by atoms with Gasteiger partial charge in [-0.15, -0.1) is 0 Å². The van der Waals surface area contributed by atoms with E-state index in [1.165, 1.54) is 6.42 Å². The van der Waals surface area contributed by atoms with Gasteiger partial charge in [0.15, 0.2) is 0 Å². The lowest BCUT2D eigenvalue weighted by atomic mass is 10.1. The summed E-state index contributed by atoms with van der Waals surface area (Å²) in [6.07, 6.45) is 3.48. The average Bonchev–Trinajstić information content (AvgIpc) is 2.48. The molecule has 0 bridgehead atoms. The minimum atomic E-state index is -0.168. The quantitative estimate of drug-likeness (QED) is 0.891. The normalized spacial score (nSPS) is 17.1. The van der Waals surface area contributed by atoms with Crippen LogP contribution < -0.4 is 5.32 Å². The molecular weight excluding hydrogens is 340 g/mol. The minimum Gasteiger partial charge on any atom is -0.341 e. The zero-order chi connectivity index (χ0) is 14.5. The van der Waals surface area contributed by atoms with Crippen molar-refractivity contribution in [3.05, 3.63) is 33.3 Å². The molecule has 1 saturated heterocycles. The summed E-state index contributed by atoms with van der Waals surface area (Å²) in [6.45, 7) is 4.34. The SMILES string of the molecule is CC(NCc1cc(Cl)ccc1Br)C(=O)N1CCCCC1. The molecule has 5 heteroatoms. The van der Waals surface area contributed by atoms with Gasteiger partial charge in [-0.25, -0.2) is 0 Å². The van der Waals surface area contributed by atoms with E-state index < -0.39 is 0 Å². The molecule has 0 aliphatic carbocycles. The molecule has 1 aliphatic rings. The number of likely N-dealkylation sites (tertiary alicyclic amines) is 1. The molecule has 0 saturated carbocycles. The predicted octanol–water partition coefficient (Wildman–Crippen LogP) is 3.59. The van der Waals surface area contributed by atoms with Crippen molar-refractivity contribution in [2.75, 3.05) is 13.1 Å². The van der Waals surface area contributed by atoms with Gasteiger partial charge in [0.05, 0.1) is 6.04 Å². The molecule has 1 N–H and O–H groups in total. The Bertz CT molecular complexity index is 475. The zero-order valence-electron chi connectivity index (χ0n) is 11.7. The van der Waals surface area contributed by atoms with Crippen LogP contribution >= 0.6 is 27.5 Å². The van der Waals surface area contributed by atoms with Crippen LogP contribution in [0.5, 0.6) is 0 Å². The van der Waals surface area contributed by atoms with E-state index in [0.29, 0.717) is 11.6 Å². The summed E-state index contributed by atoms with van der Waals surface area (Å²) < 4.78 is 1.01. The van der Waals surface area contributed by atoms with Gasteiger partial charge in [-0.3, -0.25) is 4.79 Å². The third-order valence-corrected chi connectivity index (χ3v) is 4.65. The maximum atomic E-state index is 12.3. The molecule has 0 radical (unpaired) electrons. The average molecular weight is 360 g/mol. The number of carbonyl (C=O) groups excluding carboxylic acids is 1. The molecule has 0 aromatic heterocycles. The Hall–Kier alpha value is -0.580. The predicted molar refractivity (Wildman–Crippen MR) is 85.9 cm³/mol. The number of rotatable bonds is 4. The standard InChI is InChI=1S/C15H20BrClN2O/c1-11(15(20)19-7-3-2-4-8-19)18-10-12-9-13(17)5-6-14(12)16/h5-6,9,11,18H,2-4,7-8,10H2,1H3. The molecule has 3 nitrogen and oxygen atoms in total. The van der Waals surface area contributed by atoms with Crippen molar-refractivity contribution in [1.82, 2.24) is 10.2 Å². The van der Waals surface area contributed by atoms with Gasteiger partial charge in [0.25, 0.3) is 0 Å². The highest BCUT2D eigenvalue weighted by atomic mass is 79.9. The molecule has 1 amide bonds. The van der Waals surface area contributed by atoms with Crippen molar-refractivity contribution in [1.29, 1.82) is 0 Å². The van der Waals surface area contributed by atoms with Crippen LogP contribution in [0.3, 0.4) is 0 Å². The van der Waals surface area contributed by atoms with E-state index in [1.54, 1.807) is 0 Å². The van der Waals surface area contributed by atoms with Gasteiger partial charge < -0.3 is 10.2 Å². The molecule has 1 heterocycles. The Morgan fingerprint density at radius 2 is 2.10 bits per heavy atom. The fourth-order valence-corrected chi connectivity index (χ4v) is 3.00. The van der Waals surface area contributed by atoms with Crippen LogP contribution in [0.25, 0.3) is 0 Å². The van der Waals surface area contributed by atoms with E-state index >= 15 is 0 Å². The number of hydrogen-bond acceptors (Lipinski definition) is 2. The molecule has 1 aromatic carbocycles. The molecular formula is C15H20BrClN2O. The highest BCUT2D eigenvalue weighted by molar-refractivity contribution is 9.10. The Labute approximate surface area is 133 Å². The maximum absolute atomic E-state index is 12.3. The first-order chi connectivity index (χ1) is 9.58. The van der Waals surface area contributed by atoms with Gasteiger partial charge >= 0.3 is 0 Å². The summed E-state index contributed by atoms with van der Waals surface area (Å²) >= 11 is 9.49. The van der Waals surface area contributed by atoms with Gasteiger partial charge in [-0.2, -0.15) is 0 Å².